The molecule has 0 aliphatic heterocycles. The van der Waals surface area contributed by atoms with Crippen molar-refractivity contribution in [2.45, 2.75) is 39.2 Å². The van der Waals surface area contributed by atoms with E-state index in [4.69, 9.17) is 11.5 Å². The second kappa shape index (κ2) is 5.66. The molecule has 0 amide bonds. The van der Waals surface area contributed by atoms with Crippen LogP contribution < -0.4 is 11.5 Å². The molecule has 0 aromatic heterocycles. The van der Waals surface area contributed by atoms with Crippen molar-refractivity contribution in [1.82, 2.24) is 0 Å². The predicted molar refractivity (Wildman–Crippen MR) is 70.1 cm³/mol. The molecule has 0 aliphatic carbocycles. The smallest absolute Gasteiger partial charge is 0.0860 e. The Morgan fingerprint density at radius 2 is 2.06 bits per heavy atom. The first-order chi connectivity index (χ1) is 7.60. The number of hydrogen-bond donors (Lipinski definition) is 2. The maximum Gasteiger partial charge on any atom is 0.0860 e. The first kappa shape index (κ1) is 12.7. The maximum absolute atomic E-state index is 6.08. The summed E-state index contributed by atoms with van der Waals surface area (Å²) in [5, 5.41) is 0. The van der Waals surface area contributed by atoms with Crippen LogP contribution in [0.5, 0.6) is 0 Å². The molecule has 0 heterocycles. The van der Waals surface area contributed by atoms with Crippen molar-refractivity contribution in [2.24, 2.45) is 16.5 Å². The average molecular weight is 219 g/mol. The van der Waals surface area contributed by atoms with Crippen LogP contribution in [0.4, 0.5) is 5.69 Å². The lowest BCUT2D eigenvalue weighted by Gasteiger charge is -2.15. The molecule has 1 unspecified atom stereocenters. The second-order valence-corrected chi connectivity index (χ2v) is 4.27. The number of aliphatic imine (C=N–C) groups is 1. The van der Waals surface area contributed by atoms with Crippen molar-refractivity contribution >= 4 is 12.0 Å². The number of nitrogens with zero attached hydrogens (tertiary/aromatic N) is 1. The molecule has 1 rings (SSSR count). The van der Waals surface area contributed by atoms with Crippen LogP contribution in [0, 0.1) is 0 Å². The lowest BCUT2D eigenvalue weighted by Crippen LogP contribution is -2.09. The van der Waals surface area contributed by atoms with Crippen LogP contribution >= 0.6 is 0 Å². The molecule has 0 bridgehead atoms. The van der Waals surface area contributed by atoms with Crippen molar-refractivity contribution in [2.75, 3.05) is 0 Å². The monoisotopic (exact) mass is 219 g/mol. The van der Waals surface area contributed by atoms with Gasteiger partial charge in [0.1, 0.15) is 0 Å². The second-order valence-electron chi connectivity index (χ2n) is 4.27. The van der Waals surface area contributed by atoms with Gasteiger partial charge in [-0.3, -0.25) is 0 Å². The lowest BCUT2D eigenvalue weighted by atomic mass is 9.95. The molecule has 0 spiro atoms. The molecule has 0 saturated carbocycles. The molecule has 0 radical (unpaired) electrons. The fraction of sp³-hybridized carbons (Fsp3) is 0.462. The zero-order valence-electron chi connectivity index (χ0n) is 10.3. The van der Waals surface area contributed by atoms with Crippen molar-refractivity contribution in [3.63, 3.8) is 0 Å². The summed E-state index contributed by atoms with van der Waals surface area (Å²) < 4.78 is 0. The van der Waals surface area contributed by atoms with Crippen molar-refractivity contribution < 1.29 is 0 Å². The Hall–Kier alpha value is -1.35. The Morgan fingerprint density at radius 3 is 2.56 bits per heavy atom. The third kappa shape index (κ3) is 2.83. The Kier molecular flexibility index (Phi) is 4.50. The normalized spacial score (nSPS) is 13.6. The molecule has 16 heavy (non-hydrogen) atoms. The van der Waals surface area contributed by atoms with Crippen molar-refractivity contribution in [1.29, 1.82) is 0 Å². The summed E-state index contributed by atoms with van der Waals surface area (Å²) in [7, 11) is 0. The van der Waals surface area contributed by atoms with E-state index in [1.807, 2.05) is 6.07 Å². The molecular formula is C13H21N3. The Bertz CT molecular complexity index is 369. The van der Waals surface area contributed by atoms with Gasteiger partial charge in [-0.1, -0.05) is 32.9 Å². The van der Waals surface area contributed by atoms with E-state index in [0.29, 0.717) is 5.92 Å². The van der Waals surface area contributed by atoms with Gasteiger partial charge in [0.25, 0.3) is 0 Å². The highest BCUT2D eigenvalue weighted by Crippen LogP contribution is 2.29. The van der Waals surface area contributed by atoms with Gasteiger partial charge in [-0.15, -0.1) is 0 Å². The lowest BCUT2D eigenvalue weighted by molar-refractivity contribution is 0.696. The highest BCUT2D eigenvalue weighted by atomic mass is 14.8. The third-order valence-electron chi connectivity index (χ3n) is 2.77. The van der Waals surface area contributed by atoms with Crippen LogP contribution in [0.2, 0.25) is 0 Å². The van der Waals surface area contributed by atoms with Crippen LogP contribution in [-0.4, -0.2) is 6.34 Å². The topological polar surface area (TPSA) is 64.4 Å². The quantitative estimate of drug-likeness (QED) is 0.604. The highest BCUT2D eigenvalue weighted by molar-refractivity contribution is 5.62. The molecule has 3 heteroatoms. The number of hydrogen-bond acceptors (Lipinski definition) is 2. The average Bonchev–Trinajstić information content (AvgIpc) is 2.28. The van der Waals surface area contributed by atoms with E-state index in [9.17, 15) is 0 Å². The molecule has 1 atom stereocenters. The van der Waals surface area contributed by atoms with Gasteiger partial charge in [-0.25, -0.2) is 4.99 Å². The number of nitrogens with two attached hydrogens (primary N) is 2. The fourth-order valence-electron chi connectivity index (χ4n) is 1.65. The van der Waals surface area contributed by atoms with Gasteiger partial charge in [-0.05, 0) is 29.5 Å². The molecule has 0 fully saturated rings. The highest BCUT2D eigenvalue weighted by Gasteiger charge is 2.11. The predicted octanol–water partition coefficient (Wildman–Crippen LogP) is 2.84. The van der Waals surface area contributed by atoms with Gasteiger partial charge >= 0.3 is 0 Å². The summed E-state index contributed by atoms with van der Waals surface area (Å²) in [6.45, 7) is 6.41. The summed E-state index contributed by atoms with van der Waals surface area (Å²) in [4.78, 5) is 4.15. The third-order valence-corrected chi connectivity index (χ3v) is 2.77. The fourth-order valence-corrected chi connectivity index (χ4v) is 1.65. The van der Waals surface area contributed by atoms with Crippen LogP contribution in [0.25, 0.3) is 0 Å². The zero-order chi connectivity index (χ0) is 12.1. The van der Waals surface area contributed by atoms with Crippen LogP contribution in [0.3, 0.4) is 0 Å². The molecule has 0 aliphatic rings. The van der Waals surface area contributed by atoms with E-state index in [-0.39, 0.29) is 6.04 Å². The summed E-state index contributed by atoms with van der Waals surface area (Å²) in [5.41, 5.74) is 14.7. The van der Waals surface area contributed by atoms with E-state index < -0.39 is 0 Å². The van der Waals surface area contributed by atoms with Gasteiger partial charge in [0.15, 0.2) is 0 Å². The zero-order valence-corrected chi connectivity index (χ0v) is 10.3. The van der Waals surface area contributed by atoms with E-state index in [0.717, 1.165) is 17.7 Å². The minimum Gasteiger partial charge on any atom is -0.390 e. The number of benzene rings is 1. The first-order valence-corrected chi connectivity index (χ1v) is 5.73. The summed E-state index contributed by atoms with van der Waals surface area (Å²) in [6.07, 6.45) is 2.21. The molecule has 88 valence electrons. The van der Waals surface area contributed by atoms with Crippen LogP contribution in [0.1, 0.15) is 50.3 Å². The molecule has 0 saturated heterocycles. The van der Waals surface area contributed by atoms with Gasteiger partial charge in [0.2, 0.25) is 0 Å². The minimum absolute atomic E-state index is 0.0254. The maximum atomic E-state index is 6.08. The standard InChI is InChI=1S/C13H21N3/c1-4-12(15)11-7-10(9(2)3)5-6-13(11)16-8-14/h5-9,12H,4,15H2,1-3H3,(H2,14,16). The molecule has 4 N–H and O–H groups in total. The van der Waals surface area contributed by atoms with Crippen LogP contribution in [0.15, 0.2) is 23.2 Å². The summed E-state index contributed by atoms with van der Waals surface area (Å²) in [5.74, 6) is 0.499. The number of rotatable bonds is 4. The van der Waals surface area contributed by atoms with Gasteiger partial charge < -0.3 is 11.5 Å². The van der Waals surface area contributed by atoms with E-state index in [1.54, 1.807) is 0 Å². The van der Waals surface area contributed by atoms with Gasteiger partial charge in [0.05, 0.1) is 12.0 Å². The molecule has 1 aromatic rings. The largest absolute Gasteiger partial charge is 0.390 e. The van der Waals surface area contributed by atoms with Crippen molar-refractivity contribution in [3.05, 3.63) is 29.3 Å². The van der Waals surface area contributed by atoms with E-state index in [2.05, 4.69) is 37.9 Å². The Labute approximate surface area is 97.6 Å². The molecular weight excluding hydrogens is 198 g/mol. The molecule has 1 aromatic carbocycles. The van der Waals surface area contributed by atoms with Gasteiger partial charge in [0, 0.05) is 6.04 Å². The summed E-state index contributed by atoms with van der Waals surface area (Å²) >= 11 is 0. The van der Waals surface area contributed by atoms with E-state index in [1.165, 1.54) is 11.9 Å². The van der Waals surface area contributed by atoms with Gasteiger partial charge in [-0.2, -0.15) is 0 Å². The van der Waals surface area contributed by atoms with E-state index >= 15 is 0 Å². The summed E-state index contributed by atoms with van der Waals surface area (Å²) in [6, 6.07) is 6.24. The SMILES string of the molecule is CCC(N)c1cc(C(C)C)ccc1/N=C\N. The van der Waals surface area contributed by atoms with Crippen LogP contribution in [-0.2, 0) is 0 Å². The first-order valence-electron chi connectivity index (χ1n) is 5.73. The van der Waals surface area contributed by atoms with Crippen molar-refractivity contribution in [3.8, 4) is 0 Å². The Morgan fingerprint density at radius 1 is 1.38 bits per heavy atom. The Balaban J connectivity index is 3.20. The molecule has 3 nitrogen and oxygen atoms in total. The minimum atomic E-state index is 0.0254.